The smallest absolute Gasteiger partial charge is 0.256 e. The maximum absolute atomic E-state index is 15.1. The number of hydrogen-bond donors (Lipinski definition) is 1. The quantitative estimate of drug-likeness (QED) is 0.674. The van der Waals surface area contributed by atoms with Crippen molar-refractivity contribution in [3.05, 3.63) is 40.9 Å². The van der Waals surface area contributed by atoms with Gasteiger partial charge in [0.2, 0.25) is 15.8 Å². The average molecular weight is 478 g/mol. The Morgan fingerprint density at radius 2 is 1.91 bits per heavy atom. The fourth-order valence-electron chi connectivity index (χ4n) is 4.63. The van der Waals surface area contributed by atoms with E-state index in [9.17, 15) is 8.42 Å². The second-order valence-electron chi connectivity index (χ2n) is 8.44. The number of piperidine rings is 1. The molecule has 1 saturated carbocycles. The molecule has 2 unspecified atom stereocenters. The molecule has 0 radical (unpaired) electrons. The fourth-order valence-corrected chi connectivity index (χ4v) is 7.15. The van der Waals surface area contributed by atoms with Crippen LogP contribution in [0, 0.1) is 17.1 Å². The van der Waals surface area contributed by atoms with E-state index in [0.29, 0.717) is 24.1 Å². The van der Waals surface area contributed by atoms with Crippen molar-refractivity contribution in [1.29, 1.82) is 5.26 Å². The second-order valence-corrected chi connectivity index (χ2v) is 11.0. The van der Waals surface area contributed by atoms with E-state index in [0.717, 1.165) is 25.7 Å². The maximum atomic E-state index is 15.1. The highest BCUT2D eigenvalue weighted by Gasteiger charge is 2.52. The first-order chi connectivity index (χ1) is 15.4. The number of hydrogen-bond acceptors (Lipinski definition) is 7. The first kappa shape index (κ1) is 21.4. The molecule has 3 aliphatic rings. The number of halogens is 2. The zero-order valence-electron chi connectivity index (χ0n) is 17.0. The molecule has 2 aromatic rings. The molecule has 32 heavy (non-hydrogen) atoms. The molecule has 2 bridgehead atoms. The number of rotatable bonds is 6. The van der Waals surface area contributed by atoms with E-state index >= 15 is 4.39 Å². The zero-order valence-corrected chi connectivity index (χ0v) is 18.6. The molecule has 5 rings (SSSR count). The van der Waals surface area contributed by atoms with E-state index in [1.54, 1.807) is 16.4 Å². The summed E-state index contributed by atoms with van der Waals surface area (Å²) in [7, 11) is -3.24. The maximum Gasteiger partial charge on any atom is 0.256 e. The van der Waals surface area contributed by atoms with Crippen molar-refractivity contribution in [2.24, 2.45) is 0 Å². The zero-order chi connectivity index (χ0) is 22.5. The van der Waals surface area contributed by atoms with Gasteiger partial charge in [-0.25, -0.2) is 13.4 Å². The van der Waals surface area contributed by atoms with Crippen molar-refractivity contribution in [3.8, 4) is 11.9 Å². The minimum atomic E-state index is -3.24. The Labute approximate surface area is 190 Å². The summed E-state index contributed by atoms with van der Waals surface area (Å²) in [5.74, 6) is -1.04. The number of nitriles is 1. The second kappa shape index (κ2) is 8.14. The Morgan fingerprint density at radius 1 is 1.19 bits per heavy atom. The molecule has 3 heterocycles. The van der Waals surface area contributed by atoms with E-state index in [-0.39, 0.29) is 40.2 Å². The molecular weight excluding hydrogens is 457 g/mol. The average Bonchev–Trinajstić information content (AvgIpc) is 3.58. The summed E-state index contributed by atoms with van der Waals surface area (Å²) >= 11 is 6.16. The molecule has 1 aromatic heterocycles. The van der Waals surface area contributed by atoms with Crippen LogP contribution in [0.5, 0.6) is 5.88 Å². The first-order valence-corrected chi connectivity index (χ1v) is 12.4. The molecule has 0 spiro atoms. The summed E-state index contributed by atoms with van der Waals surface area (Å²) in [4.78, 5) is 7.88. The molecule has 11 heteroatoms. The van der Waals surface area contributed by atoms with Gasteiger partial charge in [0.25, 0.3) is 5.88 Å². The molecule has 1 aromatic carbocycles. The molecule has 1 aliphatic carbocycles. The van der Waals surface area contributed by atoms with Crippen molar-refractivity contribution in [1.82, 2.24) is 14.3 Å². The van der Waals surface area contributed by atoms with E-state index in [4.69, 9.17) is 21.6 Å². The van der Waals surface area contributed by atoms with Gasteiger partial charge in [-0.3, -0.25) is 0 Å². The van der Waals surface area contributed by atoms with E-state index in [1.165, 1.54) is 12.4 Å². The van der Waals surface area contributed by atoms with Gasteiger partial charge in [0.1, 0.15) is 12.4 Å². The van der Waals surface area contributed by atoms with E-state index in [2.05, 4.69) is 15.3 Å². The predicted octanol–water partition coefficient (Wildman–Crippen LogP) is 3.75. The van der Waals surface area contributed by atoms with Gasteiger partial charge in [0.05, 0.1) is 27.6 Å². The van der Waals surface area contributed by atoms with Crippen molar-refractivity contribution in [2.45, 2.75) is 62.0 Å². The van der Waals surface area contributed by atoms with E-state index in [1.807, 2.05) is 6.07 Å². The van der Waals surface area contributed by atoms with Crippen LogP contribution in [0.25, 0.3) is 0 Å². The number of nitrogens with one attached hydrogen (secondary N) is 1. The van der Waals surface area contributed by atoms with Gasteiger partial charge in [-0.15, -0.1) is 0 Å². The van der Waals surface area contributed by atoms with Crippen LogP contribution in [-0.2, 0) is 10.0 Å². The summed E-state index contributed by atoms with van der Waals surface area (Å²) in [6.07, 6.45) is 4.96. The number of nitrogens with zero attached hydrogens (tertiary/aromatic N) is 4. The van der Waals surface area contributed by atoms with Gasteiger partial charge in [-0.2, -0.15) is 18.9 Å². The van der Waals surface area contributed by atoms with Gasteiger partial charge >= 0.3 is 0 Å². The van der Waals surface area contributed by atoms with Crippen LogP contribution in [0.4, 0.5) is 15.9 Å². The van der Waals surface area contributed by atoms with Gasteiger partial charge in [-0.05, 0) is 43.9 Å². The number of sulfonamides is 1. The third-order valence-corrected chi connectivity index (χ3v) is 9.06. The van der Waals surface area contributed by atoms with Crippen molar-refractivity contribution < 1.29 is 17.5 Å². The Kier molecular flexibility index (Phi) is 5.43. The summed E-state index contributed by atoms with van der Waals surface area (Å²) in [6, 6.07) is 6.37. The Morgan fingerprint density at radius 3 is 2.53 bits per heavy atom. The van der Waals surface area contributed by atoms with Crippen LogP contribution >= 0.6 is 11.6 Å². The highest BCUT2D eigenvalue weighted by atomic mass is 35.5. The number of ether oxygens (including phenoxy) is 1. The molecule has 2 saturated heterocycles. The third-order valence-electron chi connectivity index (χ3n) is 6.25. The molecule has 2 aliphatic heterocycles. The van der Waals surface area contributed by atoms with Crippen LogP contribution in [0.3, 0.4) is 0 Å². The number of benzene rings is 1. The molecule has 1 N–H and O–H groups in total. The van der Waals surface area contributed by atoms with Crippen molar-refractivity contribution in [2.75, 3.05) is 5.32 Å². The normalized spacial score (nSPS) is 25.3. The van der Waals surface area contributed by atoms with E-state index < -0.39 is 15.8 Å². The minimum absolute atomic E-state index is 0.0988. The van der Waals surface area contributed by atoms with Crippen LogP contribution < -0.4 is 10.1 Å². The lowest BCUT2D eigenvalue weighted by atomic mass is 10.0. The Balaban J connectivity index is 1.30. The number of aromatic nitrogens is 2. The van der Waals surface area contributed by atoms with Crippen molar-refractivity contribution in [3.63, 3.8) is 0 Å². The molecular formula is C21H21ClFN5O3S. The van der Waals surface area contributed by atoms with Gasteiger partial charge in [0, 0.05) is 24.9 Å². The van der Waals surface area contributed by atoms with Gasteiger partial charge in [-0.1, -0.05) is 11.6 Å². The predicted molar refractivity (Wildman–Crippen MR) is 116 cm³/mol. The topological polar surface area (TPSA) is 108 Å². The lowest BCUT2D eigenvalue weighted by molar-refractivity contribution is 0.0878. The van der Waals surface area contributed by atoms with Crippen molar-refractivity contribution >= 4 is 33.1 Å². The largest absolute Gasteiger partial charge is 0.472 e. The Bertz CT molecular complexity index is 1190. The van der Waals surface area contributed by atoms with Crippen LogP contribution in [0.2, 0.25) is 5.02 Å². The minimum Gasteiger partial charge on any atom is -0.472 e. The number of anilines is 2. The molecule has 168 valence electrons. The van der Waals surface area contributed by atoms with Gasteiger partial charge < -0.3 is 10.1 Å². The first-order valence-electron chi connectivity index (χ1n) is 10.5. The standard InChI is InChI=1S/C21H21ClFN5O3S/c22-17-7-12(10-24)1-6-18(17)27-20-19(23)21(26-11-25-20)31-15-8-13-2-3-14(9-15)28(13)32(29,30)16-4-5-16/h1,6-7,11,13-16H,2-5,8-9H2,(H,25,26,27). The highest BCUT2D eigenvalue weighted by Crippen LogP contribution is 2.43. The highest BCUT2D eigenvalue weighted by molar-refractivity contribution is 7.90. The molecule has 0 amide bonds. The molecule has 2 atom stereocenters. The summed E-state index contributed by atoms with van der Waals surface area (Å²) in [6.45, 7) is 0. The fraction of sp³-hybridized carbons (Fsp3) is 0.476. The van der Waals surface area contributed by atoms with Crippen LogP contribution in [0.15, 0.2) is 24.5 Å². The lowest BCUT2D eigenvalue weighted by Crippen LogP contribution is -2.50. The third kappa shape index (κ3) is 3.89. The van der Waals surface area contributed by atoms with Crippen LogP contribution in [-0.4, -0.2) is 46.1 Å². The lowest BCUT2D eigenvalue weighted by Gasteiger charge is -2.37. The van der Waals surface area contributed by atoms with Crippen LogP contribution in [0.1, 0.15) is 44.1 Å². The Hall–Kier alpha value is -2.48. The SMILES string of the molecule is N#Cc1ccc(Nc2ncnc(OC3CC4CCC(C3)N4S(=O)(=O)C3CC3)c2F)c(Cl)c1. The monoisotopic (exact) mass is 477 g/mol. The molecule has 3 fully saturated rings. The summed E-state index contributed by atoms with van der Waals surface area (Å²) in [5, 5.41) is 11.8. The summed E-state index contributed by atoms with van der Waals surface area (Å²) < 4.78 is 48.2. The molecule has 8 nitrogen and oxygen atoms in total. The number of fused-ring (bicyclic) bond motifs is 2. The van der Waals surface area contributed by atoms with Gasteiger partial charge in [0.15, 0.2) is 5.82 Å². The summed E-state index contributed by atoms with van der Waals surface area (Å²) in [5.41, 5.74) is 0.781.